The van der Waals surface area contributed by atoms with E-state index in [2.05, 4.69) is 9.97 Å². The Kier molecular flexibility index (Phi) is 2.72. The predicted octanol–water partition coefficient (Wildman–Crippen LogP) is 1.92. The van der Waals surface area contributed by atoms with E-state index >= 15 is 0 Å². The number of ether oxygens (including phenoxy) is 3. The Morgan fingerprint density at radius 2 is 1.83 bits per heavy atom. The number of rotatable bonds is 2. The molecule has 5 heteroatoms. The lowest BCUT2D eigenvalue weighted by atomic mass is 10.1. The SMILES string of the molecule is COc1nccnc1-c1ccc2c(c1)OCCO2. The van der Waals surface area contributed by atoms with Gasteiger partial charge in [0.25, 0.3) is 0 Å². The highest BCUT2D eigenvalue weighted by atomic mass is 16.6. The normalized spacial score (nSPS) is 13.2. The molecule has 0 saturated heterocycles. The maximum atomic E-state index is 5.55. The molecule has 0 spiro atoms. The quantitative estimate of drug-likeness (QED) is 0.807. The van der Waals surface area contributed by atoms with Crippen LogP contribution in [0.5, 0.6) is 17.4 Å². The molecule has 0 radical (unpaired) electrons. The van der Waals surface area contributed by atoms with Gasteiger partial charge < -0.3 is 14.2 Å². The van der Waals surface area contributed by atoms with Gasteiger partial charge in [0, 0.05) is 18.0 Å². The van der Waals surface area contributed by atoms with Crippen molar-refractivity contribution in [3.05, 3.63) is 30.6 Å². The summed E-state index contributed by atoms with van der Waals surface area (Å²) in [6, 6.07) is 5.68. The molecule has 0 N–H and O–H groups in total. The predicted molar refractivity (Wildman–Crippen MR) is 65.0 cm³/mol. The summed E-state index contributed by atoms with van der Waals surface area (Å²) in [5.41, 5.74) is 1.58. The Labute approximate surface area is 104 Å². The van der Waals surface area contributed by atoms with Crippen molar-refractivity contribution < 1.29 is 14.2 Å². The van der Waals surface area contributed by atoms with Crippen LogP contribution in [0.25, 0.3) is 11.3 Å². The zero-order chi connectivity index (χ0) is 12.4. The fourth-order valence-corrected chi connectivity index (χ4v) is 1.86. The molecule has 18 heavy (non-hydrogen) atoms. The minimum absolute atomic E-state index is 0.495. The molecule has 0 atom stereocenters. The zero-order valence-corrected chi connectivity index (χ0v) is 9.92. The Hall–Kier alpha value is -2.30. The van der Waals surface area contributed by atoms with Crippen molar-refractivity contribution in [1.82, 2.24) is 9.97 Å². The fourth-order valence-electron chi connectivity index (χ4n) is 1.86. The number of nitrogens with zero attached hydrogens (tertiary/aromatic N) is 2. The molecule has 0 aliphatic carbocycles. The third-order valence-corrected chi connectivity index (χ3v) is 2.67. The highest BCUT2D eigenvalue weighted by Gasteiger charge is 2.15. The Balaban J connectivity index is 2.06. The first-order valence-electron chi connectivity index (χ1n) is 5.63. The van der Waals surface area contributed by atoms with Gasteiger partial charge >= 0.3 is 0 Å². The van der Waals surface area contributed by atoms with E-state index in [1.807, 2.05) is 18.2 Å². The molecule has 92 valence electrons. The minimum atomic E-state index is 0.495. The van der Waals surface area contributed by atoms with Crippen LogP contribution in [-0.2, 0) is 0 Å². The van der Waals surface area contributed by atoms with Gasteiger partial charge in [0.05, 0.1) is 7.11 Å². The lowest BCUT2D eigenvalue weighted by Crippen LogP contribution is -2.15. The van der Waals surface area contributed by atoms with Crippen molar-refractivity contribution >= 4 is 0 Å². The van der Waals surface area contributed by atoms with Crippen molar-refractivity contribution in [2.75, 3.05) is 20.3 Å². The molecular formula is C13H12N2O3. The van der Waals surface area contributed by atoms with Crippen LogP contribution in [0.3, 0.4) is 0 Å². The lowest BCUT2D eigenvalue weighted by Gasteiger charge is -2.18. The van der Waals surface area contributed by atoms with Crippen molar-refractivity contribution in [3.8, 4) is 28.6 Å². The van der Waals surface area contributed by atoms with E-state index in [9.17, 15) is 0 Å². The van der Waals surface area contributed by atoms with E-state index in [1.54, 1.807) is 19.5 Å². The number of hydrogen-bond donors (Lipinski definition) is 0. The molecular weight excluding hydrogens is 232 g/mol. The summed E-state index contributed by atoms with van der Waals surface area (Å²) in [5, 5.41) is 0. The van der Waals surface area contributed by atoms with E-state index < -0.39 is 0 Å². The van der Waals surface area contributed by atoms with Gasteiger partial charge in [-0.15, -0.1) is 0 Å². The topological polar surface area (TPSA) is 53.5 Å². The van der Waals surface area contributed by atoms with Crippen LogP contribution in [0.15, 0.2) is 30.6 Å². The average Bonchev–Trinajstić information content (AvgIpc) is 2.46. The van der Waals surface area contributed by atoms with Crippen molar-refractivity contribution in [3.63, 3.8) is 0 Å². The molecule has 1 aromatic heterocycles. The van der Waals surface area contributed by atoms with Gasteiger partial charge in [-0.1, -0.05) is 0 Å². The van der Waals surface area contributed by atoms with Gasteiger partial charge in [0.15, 0.2) is 11.5 Å². The summed E-state index contributed by atoms with van der Waals surface area (Å²) in [4.78, 5) is 8.41. The second kappa shape index (κ2) is 4.52. The molecule has 1 aliphatic rings. The summed E-state index contributed by atoms with van der Waals surface area (Å²) in [6.45, 7) is 1.15. The summed E-state index contributed by atoms with van der Waals surface area (Å²) < 4.78 is 16.2. The maximum Gasteiger partial charge on any atom is 0.240 e. The van der Waals surface area contributed by atoms with Crippen molar-refractivity contribution in [2.24, 2.45) is 0 Å². The molecule has 0 fully saturated rings. The van der Waals surface area contributed by atoms with Crippen LogP contribution < -0.4 is 14.2 Å². The molecule has 3 rings (SSSR count). The second-order valence-electron chi connectivity index (χ2n) is 3.77. The first kappa shape index (κ1) is 10.8. The summed E-state index contributed by atoms with van der Waals surface area (Å²) in [5.74, 6) is 1.98. The minimum Gasteiger partial charge on any atom is -0.486 e. The maximum absolute atomic E-state index is 5.55. The third-order valence-electron chi connectivity index (χ3n) is 2.67. The van der Waals surface area contributed by atoms with E-state index in [-0.39, 0.29) is 0 Å². The van der Waals surface area contributed by atoms with Gasteiger partial charge in [0.1, 0.15) is 18.9 Å². The Bertz CT molecular complexity index is 572. The first-order chi connectivity index (χ1) is 8.88. The monoisotopic (exact) mass is 244 g/mol. The molecule has 0 unspecified atom stereocenters. The second-order valence-corrected chi connectivity index (χ2v) is 3.77. The number of fused-ring (bicyclic) bond motifs is 1. The highest BCUT2D eigenvalue weighted by molar-refractivity contribution is 5.67. The number of benzene rings is 1. The van der Waals surface area contributed by atoms with E-state index in [1.165, 1.54) is 0 Å². The van der Waals surface area contributed by atoms with Crippen LogP contribution in [0.2, 0.25) is 0 Å². The molecule has 2 heterocycles. The van der Waals surface area contributed by atoms with E-state index in [0.717, 1.165) is 17.1 Å². The summed E-state index contributed by atoms with van der Waals surface area (Å²) >= 11 is 0. The van der Waals surface area contributed by atoms with Crippen LogP contribution >= 0.6 is 0 Å². The van der Waals surface area contributed by atoms with Crippen molar-refractivity contribution in [2.45, 2.75) is 0 Å². The largest absolute Gasteiger partial charge is 0.486 e. The Morgan fingerprint density at radius 1 is 1.06 bits per heavy atom. The van der Waals surface area contributed by atoms with Crippen LogP contribution in [-0.4, -0.2) is 30.3 Å². The van der Waals surface area contributed by atoms with Gasteiger partial charge in [-0.25, -0.2) is 9.97 Å². The van der Waals surface area contributed by atoms with Crippen LogP contribution in [0.4, 0.5) is 0 Å². The molecule has 1 aromatic carbocycles. The Morgan fingerprint density at radius 3 is 2.67 bits per heavy atom. The van der Waals surface area contributed by atoms with Gasteiger partial charge in [-0.2, -0.15) is 0 Å². The molecule has 2 aromatic rings. The number of methoxy groups -OCH3 is 1. The van der Waals surface area contributed by atoms with Gasteiger partial charge in [-0.05, 0) is 18.2 Å². The zero-order valence-electron chi connectivity index (χ0n) is 9.92. The van der Waals surface area contributed by atoms with Gasteiger partial charge in [0.2, 0.25) is 5.88 Å². The summed E-state index contributed by atoms with van der Waals surface area (Å²) in [7, 11) is 1.57. The lowest BCUT2D eigenvalue weighted by molar-refractivity contribution is 0.171. The van der Waals surface area contributed by atoms with E-state index in [4.69, 9.17) is 14.2 Å². The standard InChI is InChI=1S/C13H12N2O3/c1-16-13-12(14-4-5-15-13)9-2-3-10-11(8-9)18-7-6-17-10/h2-5,8H,6-7H2,1H3. The summed E-state index contributed by atoms with van der Waals surface area (Å²) in [6.07, 6.45) is 3.23. The highest BCUT2D eigenvalue weighted by Crippen LogP contribution is 2.35. The molecule has 1 aliphatic heterocycles. The molecule has 0 bridgehead atoms. The van der Waals surface area contributed by atoms with E-state index in [0.29, 0.717) is 24.8 Å². The van der Waals surface area contributed by atoms with Crippen LogP contribution in [0, 0.1) is 0 Å². The number of hydrogen-bond acceptors (Lipinski definition) is 5. The fraction of sp³-hybridized carbons (Fsp3) is 0.231. The number of aromatic nitrogens is 2. The molecule has 5 nitrogen and oxygen atoms in total. The van der Waals surface area contributed by atoms with Crippen molar-refractivity contribution in [1.29, 1.82) is 0 Å². The average molecular weight is 244 g/mol. The molecule has 0 amide bonds. The van der Waals surface area contributed by atoms with Gasteiger partial charge in [-0.3, -0.25) is 0 Å². The first-order valence-corrected chi connectivity index (χ1v) is 5.63. The smallest absolute Gasteiger partial charge is 0.240 e. The van der Waals surface area contributed by atoms with Crippen LogP contribution in [0.1, 0.15) is 0 Å². The third kappa shape index (κ3) is 1.84. The molecule has 0 saturated carbocycles.